The van der Waals surface area contributed by atoms with E-state index in [0.29, 0.717) is 0 Å². The third-order valence-electron chi connectivity index (χ3n) is 1.97. The van der Waals surface area contributed by atoms with E-state index in [1.807, 2.05) is 0 Å². The molecule has 0 N–H and O–H groups in total. The topological polar surface area (TPSA) is 52.6 Å². The fourth-order valence-electron chi connectivity index (χ4n) is 1.24. The molecule has 0 saturated carbocycles. The summed E-state index contributed by atoms with van der Waals surface area (Å²) in [5, 5.41) is 0. The highest BCUT2D eigenvalue weighted by Gasteiger charge is 2.09. The van der Waals surface area contributed by atoms with Crippen LogP contribution in [0, 0.1) is 5.82 Å². The van der Waals surface area contributed by atoms with Crippen molar-refractivity contribution in [3.05, 3.63) is 29.6 Å². The number of ether oxygens (including phenoxy) is 2. The summed E-state index contributed by atoms with van der Waals surface area (Å²) in [4.78, 5) is 21.7. The molecular weight excluding hydrogens is 227 g/mol. The molecule has 0 unspecified atom stereocenters. The zero-order valence-corrected chi connectivity index (χ0v) is 9.66. The van der Waals surface area contributed by atoms with Crippen LogP contribution >= 0.6 is 0 Å². The second-order valence-electron chi connectivity index (χ2n) is 3.39. The molecule has 17 heavy (non-hydrogen) atoms. The van der Waals surface area contributed by atoms with Gasteiger partial charge in [-0.25, -0.2) is 4.39 Å². The van der Waals surface area contributed by atoms with Gasteiger partial charge in [-0.15, -0.1) is 0 Å². The Balaban J connectivity index is 2.64. The van der Waals surface area contributed by atoms with E-state index in [4.69, 9.17) is 4.74 Å². The van der Waals surface area contributed by atoms with Gasteiger partial charge in [-0.05, 0) is 25.1 Å². The smallest absolute Gasteiger partial charge is 0.302 e. The summed E-state index contributed by atoms with van der Waals surface area (Å²) >= 11 is 0. The maximum atomic E-state index is 12.9. The molecule has 0 amide bonds. The van der Waals surface area contributed by atoms with Crippen LogP contribution < -0.4 is 4.74 Å². The molecule has 0 bridgehead atoms. The van der Waals surface area contributed by atoms with Crippen LogP contribution in [0.15, 0.2) is 18.2 Å². The van der Waals surface area contributed by atoms with E-state index >= 15 is 0 Å². The minimum Gasteiger partial charge on any atom is -0.489 e. The van der Waals surface area contributed by atoms with E-state index in [1.165, 1.54) is 26.0 Å². The van der Waals surface area contributed by atoms with E-state index in [2.05, 4.69) is 4.74 Å². The van der Waals surface area contributed by atoms with Gasteiger partial charge in [0.1, 0.15) is 24.8 Å². The maximum Gasteiger partial charge on any atom is 0.302 e. The van der Waals surface area contributed by atoms with Gasteiger partial charge >= 0.3 is 5.97 Å². The van der Waals surface area contributed by atoms with E-state index in [0.717, 1.165) is 6.07 Å². The highest BCUT2D eigenvalue weighted by molar-refractivity contribution is 5.96. The average molecular weight is 240 g/mol. The molecule has 0 atom stereocenters. The largest absolute Gasteiger partial charge is 0.489 e. The number of carbonyl (C=O) groups is 2. The predicted molar refractivity (Wildman–Crippen MR) is 58.5 cm³/mol. The number of Topliss-reactive ketones (excluding diaryl/α,β-unsaturated/α-hetero) is 1. The number of rotatable bonds is 5. The molecule has 0 spiro atoms. The third-order valence-corrected chi connectivity index (χ3v) is 1.97. The summed E-state index contributed by atoms with van der Waals surface area (Å²) in [5.41, 5.74) is 0.174. The van der Waals surface area contributed by atoms with E-state index in [9.17, 15) is 14.0 Å². The molecule has 5 heteroatoms. The monoisotopic (exact) mass is 240 g/mol. The van der Waals surface area contributed by atoms with Crippen LogP contribution in [-0.4, -0.2) is 25.0 Å². The van der Waals surface area contributed by atoms with Crippen molar-refractivity contribution in [1.29, 1.82) is 0 Å². The molecule has 0 saturated heterocycles. The zero-order valence-electron chi connectivity index (χ0n) is 9.66. The Hall–Kier alpha value is -1.91. The molecule has 0 aliphatic rings. The fraction of sp³-hybridized carbons (Fsp3) is 0.333. The molecule has 1 rings (SSSR count). The molecule has 0 fully saturated rings. The third kappa shape index (κ3) is 4.22. The first-order valence-electron chi connectivity index (χ1n) is 5.07. The Morgan fingerprint density at radius 2 is 1.94 bits per heavy atom. The van der Waals surface area contributed by atoms with Crippen molar-refractivity contribution < 1.29 is 23.5 Å². The normalized spacial score (nSPS) is 9.82. The molecule has 1 aromatic carbocycles. The SMILES string of the molecule is CC(=O)OCCOc1ccc(F)cc1C(C)=O. The van der Waals surface area contributed by atoms with E-state index < -0.39 is 11.8 Å². The first-order valence-corrected chi connectivity index (χ1v) is 5.07. The number of esters is 1. The summed E-state index contributed by atoms with van der Waals surface area (Å²) in [6.07, 6.45) is 0. The zero-order chi connectivity index (χ0) is 12.8. The summed E-state index contributed by atoms with van der Waals surface area (Å²) in [7, 11) is 0. The highest BCUT2D eigenvalue weighted by atomic mass is 19.1. The lowest BCUT2D eigenvalue weighted by Gasteiger charge is -2.09. The summed E-state index contributed by atoms with van der Waals surface area (Å²) in [6.45, 7) is 2.82. The number of ketones is 1. The van der Waals surface area contributed by atoms with Gasteiger partial charge in [0, 0.05) is 6.92 Å². The Morgan fingerprint density at radius 1 is 1.24 bits per heavy atom. The standard InChI is InChI=1S/C12H13FO4/c1-8(14)11-7-10(13)3-4-12(11)17-6-5-16-9(2)15/h3-4,7H,5-6H2,1-2H3. The van der Waals surface area contributed by atoms with Gasteiger partial charge in [-0.2, -0.15) is 0 Å². The lowest BCUT2D eigenvalue weighted by Crippen LogP contribution is -2.11. The van der Waals surface area contributed by atoms with Crippen molar-refractivity contribution in [2.75, 3.05) is 13.2 Å². The lowest BCUT2D eigenvalue weighted by atomic mass is 10.1. The van der Waals surface area contributed by atoms with Gasteiger partial charge in [-0.3, -0.25) is 9.59 Å². The minimum atomic E-state index is -0.498. The van der Waals surface area contributed by atoms with Crippen LogP contribution in [0.5, 0.6) is 5.75 Å². The predicted octanol–water partition coefficient (Wildman–Crippen LogP) is 1.97. The number of hydrogen-bond acceptors (Lipinski definition) is 4. The van der Waals surface area contributed by atoms with E-state index in [-0.39, 0.29) is 30.3 Å². The van der Waals surface area contributed by atoms with Gasteiger partial charge in [0.05, 0.1) is 5.56 Å². The van der Waals surface area contributed by atoms with Crippen molar-refractivity contribution in [2.45, 2.75) is 13.8 Å². The van der Waals surface area contributed by atoms with Crippen LogP contribution in [0.1, 0.15) is 24.2 Å². The van der Waals surface area contributed by atoms with Gasteiger partial charge in [-0.1, -0.05) is 0 Å². The molecule has 0 radical (unpaired) electrons. The average Bonchev–Trinajstić information content (AvgIpc) is 2.25. The molecule has 1 aromatic rings. The number of carbonyl (C=O) groups excluding carboxylic acids is 2. The Morgan fingerprint density at radius 3 is 2.53 bits per heavy atom. The summed E-state index contributed by atoms with van der Waals surface area (Å²) in [5.74, 6) is -0.903. The van der Waals surface area contributed by atoms with Crippen molar-refractivity contribution in [3.8, 4) is 5.75 Å². The summed E-state index contributed by atoms with van der Waals surface area (Å²) in [6, 6.07) is 3.69. The van der Waals surface area contributed by atoms with Crippen LogP contribution in [0.3, 0.4) is 0 Å². The van der Waals surface area contributed by atoms with Crippen LogP contribution in [0.4, 0.5) is 4.39 Å². The summed E-state index contributed by atoms with van der Waals surface area (Å²) < 4.78 is 22.8. The van der Waals surface area contributed by atoms with Crippen LogP contribution in [0.25, 0.3) is 0 Å². The first kappa shape index (κ1) is 13.2. The Labute approximate surface area is 98.3 Å². The molecule has 0 aliphatic heterocycles. The lowest BCUT2D eigenvalue weighted by molar-refractivity contribution is -0.141. The van der Waals surface area contributed by atoms with Crippen molar-refractivity contribution >= 4 is 11.8 Å². The van der Waals surface area contributed by atoms with Crippen molar-refractivity contribution in [1.82, 2.24) is 0 Å². The molecule has 0 aromatic heterocycles. The Kier molecular flexibility index (Phi) is 4.63. The van der Waals surface area contributed by atoms with Crippen molar-refractivity contribution in [2.24, 2.45) is 0 Å². The van der Waals surface area contributed by atoms with Crippen LogP contribution in [-0.2, 0) is 9.53 Å². The molecular formula is C12H13FO4. The maximum absolute atomic E-state index is 12.9. The molecule has 92 valence electrons. The Bertz CT molecular complexity index is 429. The number of benzene rings is 1. The molecule has 0 heterocycles. The molecule has 4 nitrogen and oxygen atoms in total. The first-order chi connectivity index (χ1) is 8.00. The van der Waals surface area contributed by atoms with Gasteiger partial charge in [0.2, 0.25) is 0 Å². The van der Waals surface area contributed by atoms with Crippen molar-refractivity contribution in [3.63, 3.8) is 0 Å². The molecule has 0 aliphatic carbocycles. The highest BCUT2D eigenvalue weighted by Crippen LogP contribution is 2.20. The van der Waals surface area contributed by atoms with E-state index in [1.54, 1.807) is 0 Å². The quantitative estimate of drug-likeness (QED) is 0.448. The van der Waals surface area contributed by atoms with Crippen LogP contribution in [0.2, 0.25) is 0 Å². The number of halogens is 1. The van der Waals surface area contributed by atoms with Gasteiger partial charge < -0.3 is 9.47 Å². The second-order valence-corrected chi connectivity index (χ2v) is 3.39. The number of hydrogen-bond donors (Lipinski definition) is 0. The minimum absolute atomic E-state index is 0.0874. The van der Waals surface area contributed by atoms with Gasteiger partial charge in [0.15, 0.2) is 5.78 Å². The fourth-order valence-corrected chi connectivity index (χ4v) is 1.24. The van der Waals surface area contributed by atoms with Gasteiger partial charge in [0.25, 0.3) is 0 Å². The second kappa shape index (κ2) is 5.98.